The van der Waals surface area contributed by atoms with Gasteiger partial charge in [0.05, 0.1) is 0 Å². The lowest BCUT2D eigenvalue weighted by molar-refractivity contribution is -0.0794. The summed E-state index contributed by atoms with van der Waals surface area (Å²) < 4.78 is 0. The number of piperidine rings is 1. The zero-order chi connectivity index (χ0) is 26.0. The summed E-state index contributed by atoms with van der Waals surface area (Å²) in [4.78, 5) is 17.9. The molecule has 0 bridgehead atoms. The molecule has 4 heteroatoms. The Hall–Kier alpha value is -3.73. The highest BCUT2D eigenvalue weighted by atomic mass is 16.3. The lowest BCUT2D eigenvalue weighted by atomic mass is 9.88. The Morgan fingerprint density at radius 3 is 1.87 bits per heavy atom. The summed E-state index contributed by atoms with van der Waals surface area (Å²) in [7, 11) is 0. The van der Waals surface area contributed by atoms with Crippen LogP contribution in [0.25, 0.3) is 0 Å². The van der Waals surface area contributed by atoms with Gasteiger partial charge in [0.1, 0.15) is 0 Å². The lowest BCUT2D eigenvalue weighted by Gasteiger charge is -2.44. The fourth-order valence-electron chi connectivity index (χ4n) is 6.38. The molecule has 2 aliphatic heterocycles. The molecule has 2 heterocycles. The average Bonchev–Trinajstić information content (AvgIpc) is 3.22. The van der Waals surface area contributed by atoms with Gasteiger partial charge in [-0.25, -0.2) is 0 Å². The third kappa shape index (κ3) is 4.44. The van der Waals surface area contributed by atoms with Crippen LogP contribution in [0.1, 0.15) is 57.8 Å². The Labute approximate surface area is 225 Å². The molecular formula is C34H34N2O2. The molecule has 1 atom stereocenters. The molecule has 1 unspecified atom stereocenters. The third-order valence-corrected chi connectivity index (χ3v) is 8.34. The highest BCUT2D eigenvalue weighted by Gasteiger charge is 2.52. The smallest absolute Gasteiger partial charge is 0.257 e. The van der Waals surface area contributed by atoms with Crippen molar-refractivity contribution in [3.8, 4) is 0 Å². The number of rotatable bonds is 7. The SMILES string of the molecule is O=C1c2ccccc2C(O)(c2ccccc2)N1C1CCN(CCC(c2ccccc2)c2ccccc2)CC1. The van der Waals surface area contributed by atoms with Crippen LogP contribution in [0.5, 0.6) is 0 Å². The third-order valence-electron chi connectivity index (χ3n) is 8.34. The van der Waals surface area contributed by atoms with Crippen molar-refractivity contribution in [2.75, 3.05) is 19.6 Å². The summed E-state index contributed by atoms with van der Waals surface area (Å²) in [6.07, 6.45) is 2.73. The molecule has 1 N–H and O–H groups in total. The van der Waals surface area contributed by atoms with E-state index in [0.717, 1.165) is 44.5 Å². The number of hydrogen-bond donors (Lipinski definition) is 1. The van der Waals surface area contributed by atoms with Crippen LogP contribution in [0.2, 0.25) is 0 Å². The van der Waals surface area contributed by atoms with E-state index in [-0.39, 0.29) is 11.9 Å². The molecule has 0 aliphatic carbocycles. The second-order valence-corrected chi connectivity index (χ2v) is 10.5. The quantitative estimate of drug-likeness (QED) is 0.336. The molecule has 4 aromatic carbocycles. The van der Waals surface area contributed by atoms with Crippen molar-refractivity contribution >= 4 is 5.91 Å². The van der Waals surface area contributed by atoms with Crippen LogP contribution in [0.4, 0.5) is 0 Å². The molecule has 1 amide bonds. The van der Waals surface area contributed by atoms with Gasteiger partial charge in [-0.3, -0.25) is 9.69 Å². The molecule has 0 radical (unpaired) electrons. The zero-order valence-electron chi connectivity index (χ0n) is 21.6. The molecule has 6 rings (SSSR count). The number of fused-ring (bicyclic) bond motifs is 1. The Kier molecular flexibility index (Phi) is 6.84. The molecule has 1 fully saturated rings. The van der Waals surface area contributed by atoms with Crippen LogP contribution in [0, 0.1) is 0 Å². The second-order valence-electron chi connectivity index (χ2n) is 10.5. The fraction of sp³-hybridized carbons (Fsp3) is 0.265. The minimum atomic E-state index is -1.44. The molecule has 0 aromatic heterocycles. The van der Waals surface area contributed by atoms with Crippen LogP contribution >= 0.6 is 0 Å². The lowest BCUT2D eigenvalue weighted by Crippen LogP contribution is -2.54. The molecule has 2 aliphatic rings. The van der Waals surface area contributed by atoms with Crippen LogP contribution in [0.3, 0.4) is 0 Å². The topological polar surface area (TPSA) is 43.8 Å². The van der Waals surface area contributed by atoms with Gasteiger partial charge in [0.25, 0.3) is 5.91 Å². The molecule has 192 valence electrons. The maximum absolute atomic E-state index is 13.6. The molecule has 0 spiro atoms. The highest BCUT2D eigenvalue weighted by molar-refractivity contribution is 6.00. The van der Waals surface area contributed by atoms with Gasteiger partial charge in [-0.2, -0.15) is 0 Å². The van der Waals surface area contributed by atoms with Gasteiger partial charge in [0.15, 0.2) is 5.72 Å². The Balaban J connectivity index is 1.18. The van der Waals surface area contributed by atoms with Crippen molar-refractivity contribution in [3.63, 3.8) is 0 Å². The van der Waals surface area contributed by atoms with Crippen LogP contribution in [-0.2, 0) is 5.72 Å². The minimum Gasteiger partial charge on any atom is -0.363 e. The average molecular weight is 503 g/mol. The molecule has 0 saturated carbocycles. The van der Waals surface area contributed by atoms with Crippen molar-refractivity contribution in [1.29, 1.82) is 0 Å². The van der Waals surface area contributed by atoms with E-state index in [9.17, 15) is 9.90 Å². The molecule has 38 heavy (non-hydrogen) atoms. The van der Waals surface area contributed by atoms with Gasteiger partial charge in [0, 0.05) is 41.7 Å². The van der Waals surface area contributed by atoms with Crippen molar-refractivity contribution in [3.05, 3.63) is 143 Å². The van der Waals surface area contributed by atoms with E-state index >= 15 is 0 Å². The number of benzene rings is 4. The minimum absolute atomic E-state index is 0.0181. The van der Waals surface area contributed by atoms with Crippen molar-refractivity contribution in [2.45, 2.75) is 36.9 Å². The molecule has 1 saturated heterocycles. The first-order valence-corrected chi connectivity index (χ1v) is 13.7. The van der Waals surface area contributed by atoms with Crippen LogP contribution < -0.4 is 0 Å². The predicted molar refractivity (Wildman–Crippen MR) is 151 cm³/mol. The van der Waals surface area contributed by atoms with Crippen LogP contribution in [0.15, 0.2) is 115 Å². The monoisotopic (exact) mass is 502 g/mol. The first-order valence-electron chi connectivity index (χ1n) is 13.7. The summed E-state index contributed by atoms with van der Waals surface area (Å²) in [5.74, 6) is 0.284. The number of carbonyl (C=O) groups is 1. The number of nitrogens with zero attached hydrogens (tertiary/aromatic N) is 2. The summed E-state index contributed by atoms with van der Waals surface area (Å²) >= 11 is 0. The molecule has 4 nitrogen and oxygen atoms in total. The van der Waals surface area contributed by atoms with Gasteiger partial charge in [-0.1, -0.05) is 109 Å². The maximum Gasteiger partial charge on any atom is 0.257 e. The normalized spacial score (nSPS) is 20.2. The molecular weight excluding hydrogens is 468 g/mol. The number of carbonyl (C=O) groups excluding carboxylic acids is 1. The summed E-state index contributed by atoms with van der Waals surface area (Å²) in [5, 5.41) is 12.2. The van der Waals surface area contributed by atoms with Crippen molar-refractivity contribution in [2.24, 2.45) is 0 Å². The standard InChI is InChI=1S/C34H34N2O2/c37-33-31-18-10-11-19-32(31)34(38,28-16-8-3-9-17-28)36(33)29-20-23-35(24-21-29)25-22-30(26-12-4-1-5-13-26)27-14-6-2-7-15-27/h1-19,29-30,38H,20-25H2. The molecule has 4 aromatic rings. The van der Waals surface area contributed by atoms with E-state index < -0.39 is 5.72 Å². The Bertz CT molecular complexity index is 1330. The van der Waals surface area contributed by atoms with Gasteiger partial charge >= 0.3 is 0 Å². The van der Waals surface area contributed by atoms with E-state index in [1.807, 2.05) is 54.6 Å². The first kappa shape index (κ1) is 24.6. The maximum atomic E-state index is 13.6. The summed E-state index contributed by atoms with van der Waals surface area (Å²) in [6, 6.07) is 38.7. The summed E-state index contributed by atoms with van der Waals surface area (Å²) in [6.45, 7) is 2.82. The van der Waals surface area contributed by atoms with Crippen molar-refractivity contribution < 1.29 is 9.90 Å². The van der Waals surface area contributed by atoms with Gasteiger partial charge in [-0.05, 0) is 43.0 Å². The van der Waals surface area contributed by atoms with Gasteiger partial charge in [-0.15, -0.1) is 0 Å². The van der Waals surface area contributed by atoms with E-state index in [1.54, 1.807) is 4.90 Å². The Morgan fingerprint density at radius 2 is 1.26 bits per heavy atom. The number of hydrogen-bond acceptors (Lipinski definition) is 3. The van der Waals surface area contributed by atoms with Crippen molar-refractivity contribution in [1.82, 2.24) is 9.80 Å². The predicted octanol–water partition coefficient (Wildman–Crippen LogP) is 6.02. The Morgan fingerprint density at radius 1 is 0.737 bits per heavy atom. The first-order chi connectivity index (χ1) is 18.7. The summed E-state index contributed by atoms with van der Waals surface area (Å²) in [5.41, 5.74) is 3.30. The highest BCUT2D eigenvalue weighted by Crippen LogP contribution is 2.45. The van der Waals surface area contributed by atoms with E-state index in [1.165, 1.54) is 11.1 Å². The number of aliphatic hydroxyl groups is 1. The number of likely N-dealkylation sites (tertiary alicyclic amines) is 1. The second kappa shape index (κ2) is 10.6. The van der Waals surface area contributed by atoms with E-state index in [4.69, 9.17) is 0 Å². The largest absolute Gasteiger partial charge is 0.363 e. The van der Waals surface area contributed by atoms with Gasteiger partial charge < -0.3 is 10.0 Å². The van der Waals surface area contributed by atoms with Crippen LogP contribution in [-0.4, -0.2) is 46.5 Å². The fourth-order valence-corrected chi connectivity index (χ4v) is 6.38. The number of amides is 1. The van der Waals surface area contributed by atoms with Gasteiger partial charge in [0.2, 0.25) is 0 Å². The van der Waals surface area contributed by atoms with E-state index in [0.29, 0.717) is 17.0 Å². The van der Waals surface area contributed by atoms with E-state index in [2.05, 4.69) is 65.6 Å². The zero-order valence-corrected chi connectivity index (χ0v) is 21.6.